The van der Waals surface area contributed by atoms with Gasteiger partial charge in [-0.05, 0) is 80.0 Å². The van der Waals surface area contributed by atoms with Gasteiger partial charge in [0, 0.05) is 16.4 Å². The first kappa shape index (κ1) is 16.9. The number of anilines is 1. The minimum absolute atomic E-state index is 0.0326. The van der Waals surface area contributed by atoms with Crippen LogP contribution in [-0.2, 0) is 4.79 Å². The molecule has 0 heterocycles. The van der Waals surface area contributed by atoms with E-state index in [1.807, 2.05) is 18.2 Å². The van der Waals surface area contributed by atoms with Crippen LogP contribution in [0.4, 0.5) is 5.69 Å². The number of nitrogens with one attached hydrogen (secondary N) is 1. The van der Waals surface area contributed by atoms with Gasteiger partial charge in [0.2, 0.25) is 5.91 Å². The van der Waals surface area contributed by atoms with Gasteiger partial charge in [-0.15, -0.1) is 0 Å². The standard InChI is InChI=1S/C20H23BrN2O2/c21-20-10-14-7-15(11-20)9-19(8-14,13-20)12-18(24)23-16-1-3-17(4-2-16)25-6-5-22/h1-4,14-15H,6-13H2,(H,23,24). The van der Waals surface area contributed by atoms with Crippen molar-refractivity contribution in [3.05, 3.63) is 24.3 Å². The van der Waals surface area contributed by atoms with Crippen molar-refractivity contribution in [2.24, 2.45) is 17.3 Å². The summed E-state index contributed by atoms with van der Waals surface area (Å²) in [6, 6.07) is 9.17. The first-order valence-corrected chi connectivity index (χ1v) is 9.86. The first-order chi connectivity index (χ1) is 12.0. The third kappa shape index (κ3) is 3.55. The molecule has 4 aliphatic rings. The van der Waals surface area contributed by atoms with Crippen LogP contribution in [0, 0.1) is 28.6 Å². The quantitative estimate of drug-likeness (QED) is 0.728. The predicted octanol–water partition coefficient (Wildman–Crippen LogP) is 4.65. The van der Waals surface area contributed by atoms with E-state index in [0.29, 0.717) is 12.2 Å². The molecule has 2 unspecified atom stereocenters. The molecule has 4 aliphatic carbocycles. The molecule has 0 saturated heterocycles. The number of nitriles is 1. The molecule has 5 rings (SSSR count). The fourth-order valence-electron chi connectivity index (χ4n) is 5.84. The van der Waals surface area contributed by atoms with Crippen LogP contribution in [0.3, 0.4) is 0 Å². The summed E-state index contributed by atoms with van der Waals surface area (Å²) < 4.78 is 5.53. The average Bonchev–Trinajstić information content (AvgIpc) is 2.51. The summed E-state index contributed by atoms with van der Waals surface area (Å²) in [6.07, 6.45) is 8.13. The molecule has 0 spiro atoms. The highest BCUT2D eigenvalue weighted by atomic mass is 79.9. The second kappa shape index (κ2) is 6.32. The highest BCUT2D eigenvalue weighted by Gasteiger charge is 2.57. The van der Waals surface area contributed by atoms with E-state index >= 15 is 0 Å². The molecular formula is C20H23BrN2O2. The van der Waals surface area contributed by atoms with Crippen LogP contribution in [0.2, 0.25) is 0 Å². The summed E-state index contributed by atoms with van der Waals surface area (Å²) in [4.78, 5) is 12.7. The van der Waals surface area contributed by atoms with Crippen LogP contribution < -0.4 is 10.1 Å². The number of carbonyl (C=O) groups excluding carboxylic acids is 1. The van der Waals surface area contributed by atoms with Gasteiger partial charge < -0.3 is 10.1 Å². The second-order valence-corrected chi connectivity index (χ2v) is 9.99. The number of ether oxygens (including phenoxy) is 1. The Hall–Kier alpha value is -1.54. The van der Waals surface area contributed by atoms with Crippen LogP contribution in [0.15, 0.2) is 24.3 Å². The summed E-state index contributed by atoms with van der Waals surface area (Å²) in [6.45, 7) is 0.0326. The van der Waals surface area contributed by atoms with Gasteiger partial charge in [0.15, 0.2) is 6.61 Å². The van der Waals surface area contributed by atoms with Crippen molar-refractivity contribution in [1.82, 2.24) is 0 Å². The molecular weight excluding hydrogens is 380 g/mol. The number of halogens is 1. The molecule has 5 heteroatoms. The second-order valence-electron chi connectivity index (χ2n) is 8.31. The lowest BCUT2D eigenvalue weighted by molar-refractivity contribution is -0.123. The molecule has 4 fully saturated rings. The van der Waals surface area contributed by atoms with E-state index in [9.17, 15) is 4.79 Å². The van der Waals surface area contributed by atoms with E-state index in [0.717, 1.165) is 23.9 Å². The van der Waals surface area contributed by atoms with Crippen LogP contribution in [0.25, 0.3) is 0 Å². The topological polar surface area (TPSA) is 62.1 Å². The summed E-state index contributed by atoms with van der Waals surface area (Å²) in [5.41, 5.74) is 0.973. The van der Waals surface area contributed by atoms with Crippen molar-refractivity contribution in [2.75, 3.05) is 11.9 Å². The van der Waals surface area contributed by atoms with Crippen molar-refractivity contribution in [3.8, 4) is 11.8 Å². The Kier molecular flexibility index (Phi) is 4.27. The van der Waals surface area contributed by atoms with Crippen LogP contribution in [0.5, 0.6) is 5.75 Å². The molecule has 132 valence electrons. The number of benzene rings is 1. The maximum atomic E-state index is 12.7. The van der Waals surface area contributed by atoms with Gasteiger partial charge in [0.05, 0.1) is 0 Å². The summed E-state index contributed by atoms with van der Waals surface area (Å²) in [5.74, 6) is 2.35. The third-order valence-corrected chi connectivity index (χ3v) is 7.02. The van der Waals surface area contributed by atoms with E-state index in [1.54, 1.807) is 12.1 Å². The Balaban J connectivity index is 1.38. The Morgan fingerprint density at radius 3 is 2.52 bits per heavy atom. The van der Waals surface area contributed by atoms with Gasteiger partial charge in [-0.25, -0.2) is 0 Å². The monoisotopic (exact) mass is 402 g/mol. The molecule has 4 nitrogen and oxygen atoms in total. The SMILES string of the molecule is N#CCOc1ccc(NC(=O)CC23CC4CC(CC(Br)(C4)C2)C3)cc1. The molecule has 1 amide bonds. The minimum atomic E-state index is 0.0326. The van der Waals surface area contributed by atoms with E-state index in [2.05, 4.69) is 21.2 Å². The van der Waals surface area contributed by atoms with Crippen LogP contribution >= 0.6 is 15.9 Å². The highest BCUT2D eigenvalue weighted by Crippen LogP contribution is 2.65. The van der Waals surface area contributed by atoms with Gasteiger partial charge in [-0.3, -0.25) is 4.79 Å². The number of nitrogens with zero attached hydrogens (tertiary/aromatic N) is 1. The van der Waals surface area contributed by atoms with Crippen LogP contribution in [0.1, 0.15) is 44.9 Å². The summed E-state index contributed by atoms with van der Waals surface area (Å²) in [7, 11) is 0. The number of rotatable bonds is 5. The number of hydrogen-bond acceptors (Lipinski definition) is 3. The van der Waals surface area contributed by atoms with Crippen molar-refractivity contribution in [2.45, 2.75) is 49.3 Å². The molecule has 0 aromatic heterocycles. The maximum absolute atomic E-state index is 12.7. The molecule has 4 saturated carbocycles. The normalized spacial score (nSPS) is 35.2. The molecule has 2 atom stereocenters. The largest absolute Gasteiger partial charge is 0.479 e. The Morgan fingerprint density at radius 2 is 1.92 bits per heavy atom. The number of alkyl halides is 1. The zero-order valence-electron chi connectivity index (χ0n) is 14.3. The molecule has 4 bridgehead atoms. The van der Waals surface area contributed by atoms with Crippen molar-refractivity contribution < 1.29 is 9.53 Å². The van der Waals surface area contributed by atoms with E-state index < -0.39 is 0 Å². The predicted molar refractivity (Wildman–Crippen MR) is 99.6 cm³/mol. The zero-order chi connectivity index (χ0) is 17.5. The van der Waals surface area contributed by atoms with Crippen molar-refractivity contribution in [3.63, 3.8) is 0 Å². The average molecular weight is 403 g/mol. The van der Waals surface area contributed by atoms with Crippen LogP contribution in [-0.4, -0.2) is 16.8 Å². The summed E-state index contributed by atoms with van der Waals surface area (Å²) in [5, 5.41) is 11.6. The van der Waals surface area contributed by atoms with E-state index in [4.69, 9.17) is 10.00 Å². The van der Waals surface area contributed by atoms with Gasteiger partial charge in [-0.1, -0.05) is 15.9 Å². The lowest BCUT2D eigenvalue weighted by Gasteiger charge is -2.60. The van der Waals surface area contributed by atoms with Gasteiger partial charge >= 0.3 is 0 Å². The molecule has 25 heavy (non-hydrogen) atoms. The fraction of sp³-hybridized carbons (Fsp3) is 0.600. The lowest BCUT2D eigenvalue weighted by atomic mass is 9.48. The summed E-state index contributed by atoms with van der Waals surface area (Å²) >= 11 is 4.01. The van der Waals surface area contributed by atoms with Crippen molar-refractivity contribution in [1.29, 1.82) is 5.26 Å². The fourth-order valence-corrected chi connectivity index (χ4v) is 7.35. The molecule has 0 radical (unpaired) electrons. The van der Waals surface area contributed by atoms with E-state index in [-0.39, 0.29) is 22.3 Å². The molecule has 1 N–H and O–H groups in total. The lowest BCUT2D eigenvalue weighted by Crippen LogP contribution is -2.53. The van der Waals surface area contributed by atoms with Crippen molar-refractivity contribution >= 4 is 27.5 Å². The highest BCUT2D eigenvalue weighted by molar-refractivity contribution is 9.10. The van der Waals surface area contributed by atoms with E-state index in [1.165, 1.54) is 32.1 Å². The molecule has 1 aromatic carbocycles. The minimum Gasteiger partial charge on any atom is -0.479 e. The molecule has 0 aliphatic heterocycles. The van der Waals surface area contributed by atoms with Gasteiger partial charge in [0.25, 0.3) is 0 Å². The number of amides is 1. The Labute approximate surface area is 157 Å². The number of hydrogen-bond donors (Lipinski definition) is 1. The zero-order valence-corrected chi connectivity index (χ0v) is 15.8. The smallest absolute Gasteiger partial charge is 0.224 e. The number of carbonyl (C=O) groups is 1. The Bertz CT molecular complexity index is 695. The van der Waals surface area contributed by atoms with Gasteiger partial charge in [-0.2, -0.15) is 5.26 Å². The first-order valence-electron chi connectivity index (χ1n) is 9.06. The maximum Gasteiger partial charge on any atom is 0.224 e. The Morgan fingerprint density at radius 1 is 1.24 bits per heavy atom. The molecule has 1 aromatic rings. The van der Waals surface area contributed by atoms with Gasteiger partial charge in [0.1, 0.15) is 11.8 Å². The third-order valence-electron chi connectivity index (χ3n) is 6.09.